The van der Waals surface area contributed by atoms with Crippen molar-refractivity contribution in [1.82, 2.24) is 10.3 Å². The SMILES string of the molecule is Cc1csc(CCNCC(N)c2cccs2)n1. The number of rotatable bonds is 6. The Balaban J connectivity index is 1.66. The molecule has 0 aliphatic heterocycles. The first kappa shape index (κ1) is 12.7. The molecule has 1 unspecified atom stereocenters. The third-order valence-electron chi connectivity index (χ3n) is 2.46. The normalized spacial score (nSPS) is 12.8. The molecule has 17 heavy (non-hydrogen) atoms. The summed E-state index contributed by atoms with van der Waals surface area (Å²) in [7, 11) is 0. The van der Waals surface area contributed by atoms with E-state index in [-0.39, 0.29) is 6.04 Å². The molecule has 0 aliphatic carbocycles. The Morgan fingerprint density at radius 3 is 3.00 bits per heavy atom. The lowest BCUT2D eigenvalue weighted by molar-refractivity contribution is 0.604. The van der Waals surface area contributed by atoms with Gasteiger partial charge in [0.05, 0.1) is 11.0 Å². The zero-order valence-electron chi connectivity index (χ0n) is 9.85. The molecule has 0 fully saturated rings. The third-order valence-corrected chi connectivity index (χ3v) is 4.49. The number of aryl methyl sites for hydroxylation is 1. The Labute approximate surface area is 110 Å². The van der Waals surface area contributed by atoms with Gasteiger partial charge in [-0.3, -0.25) is 0 Å². The molecule has 0 spiro atoms. The molecule has 2 rings (SSSR count). The van der Waals surface area contributed by atoms with Crippen LogP contribution >= 0.6 is 22.7 Å². The van der Waals surface area contributed by atoms with Gasteiger partial charge in [0.1, 0.15) is 0 Å². The minimum Gasteiger partial charge on any atom is -0.322 e. The summed E-state index contributed by atoms with van der Waals surface area (Å²) in [5, 5.41) is 8.73. The fourth-order valence-corrected chi connectivity index (χ4v) is 3.08. The highest BCUT2D eigenvalue weighted by Gasteiger charge is 2.06. The van der Waals surface area contributed by atoms with Crippen molar-refractivity contribution in [2.24, 2.45) is 5.73 Å². The van der Waals surface area contributed by atoms with Crippen LogP contribution in [0, 0.1) is 6.92 Å². The van der Waals surface area contributed by atoms with E-state index in [0.29, 0.717) is 0 Å². The Hall–Kier alpha value is -0.750. The standard InChI is InChI=1S/C12H17N3S2/c1-9-8-17-12(15-9)4-5-14-7-10(13)11-3-2-6-16-11/h2-3,6,8,10,14H,4-5,7,13H2,1H3. The predicted molar refractivity (Wildman–Crippen MR) is 74.7 cm³/mol. The van der Waals surface area contributed by atoms with Gasteiger partial charge in [0.15, 0.2) is 0 Å². The van der Waals surface area contributed by atoms with Crippen molar-refractivity contribution in [3.05, 3.63) is 38.5 Å². The van der Waals surface area contributed by atoms with Crippen LogP contribution in [0.15, 0.2) is 22.9 Å². The molecular weight excluding hydrogens is 250 g/mol. The van der Waals surface area contributed by atoms with Gasteiger partial charge in [0.25, 0.3) is 0 Å². The lowest BCUT2D eigenvalue weighted by Gasteiger charge is -2.10. The second kappa shape index (κ2) is 6.26. The molecule has 0 amide bonds. The number of hydrogen-bond donors (Lipinski definition) is 2. The van der Waals surface area contributed by atoms with Gasteiger partial charge < -0.3 is 11.1 Å². The highest BCUT2D eigenvalue weighted by molar-refractivity contribution is 7.10. The molecule has 2 heterocycles. The highest BCUT2D eigenvalue weighted by atomic mass is 32.1. The van der Waals surface area contributed by atoms with Crippen molar-refractivity contribution in [3.8, 4) is 0 Å². The number of nitrogens with two attached hydrogens (primary N) is 1. The number of nitrogens with one attached hydrogen (secondary N) is 1. The first-order valence-corrected chi connectivity index (χ1v) is 7.42. The maximum Gasteiger partial charge on any atom is 0.0940 e. The lowest BCUT2D eigenvalue weighted by Crippen LogP contribution is -2.27. The molecule has 92 valence electrons. The average Bonchev–Trinajstić information content (AvgIpc) is 2.95. The zero-order valence-corrected chi connectivity index (χ0v) is 11.5. The van der Waals surface area contributed by atoms with Crippen LogP contribution in [0.3, 0.4) is 0 Å². The second-order valence-corrected chi connectivity index (χ2v) is 5.88. The van der Waals surface area contributed by atoms with Crippen LogP contribution in [0.1, 0.15) is 21.6 Å². The number of hydrogen-bond acceptors (Lipinski definition) is 5. The van der Waals surface area contributed by atoms with Crippen molar-refractivity contribution in [2.45, 2.75) is 19.4 Å². The zero-order chi connectivity index (χ0) is 12.1. The smallest absolute Gasteiger partial charge is 0.0940 e. The summed E-state index contributed by atoms with van der Waals surface area (Å²) in [6.07, 6.45) is 0.982. The van der Waals surface area contributed by atoms with Gasteiger partial charge in [-0.15, -0.1) is 22.7 Å². The maximum absolute atomic E-state index is 6.06. The van der Waals surface area contributed by atoms with E-state index < -0.39 is 0 Å². The molecule has 0 radical (unpaired) electrons. The van der Waals surface area contributed by atoms with Crippen molar-refractivity contribution in [1.29, 1.82) is 0 Å². The summed E-state index contributed by atoms with van der Waals surface area (Å²) in [6, 6.07) is 4.23. The maximum atomic E-state index is 6.06. The molecule has 2 aromatic heterocycles. The van der Waals surface area contributed by atoms with E-state index in [1.165, 1.54) is 9.88 Å². The van der Waals surface area contributed by atoms with Gasteiger partial charge in [-0.05, 0) is 18.4 Å². The average molecular weight is 267 g/mol. The van der Waals surface area contributed by atoms with Crippen LogP contribution in [0.2, 0.25) is 0 Å². The Morgan fingerprint density at radius 2 is 2.35 bits per heavy atom. The van der Waals surface area contributed by atoms with Crippen LogP contribution in [0.4, 0.5) is 0 Å². The molecule has 0 saturated heterocycles. The van der Waals surface area contributed by atoms with E-state index in [1.54, 1.807) is 22.7 Å². The molecule has 1 atom stereocenters. The molecule has 3 nitrogen and oxygen atoms in total. The van der Waals surface area contributed by atoms with Crippen molar-refractivity contribution in [3.63, 3.8) is 0 Å². The van der Waals surface area contributed by atoms with Crippen LogP contribution in [-0.2, 0) is 6.42 Å². The number of nitrogens with zero attached hydrogens (tertiary/aromatic N) is 1. The summed E-state index contributed by atoms with van der Waals surface area (Å²) < 4.78 is 0. The van der Waals surface area contributed by atoms with Gasteiger partial charge in [0.2, 0.25) is 0 Å². The molecule has 3 N–H and O–H groups in total. The van der Waals surface area contributed by atoms with Crippen molar-refractivity contribution in [2.75, 3.05) is 13.1 Å². The molecular formula is C12H17N3S2. The predicted octanol–water partition coefficient (Wildman–Crippen LogP) is 2.35. The summed E-state index contributed by atoms with van der Waals surface area (Å²) in [5.41, 5.74) is 7.17. The summed E-state index contributed by atoms with van der Waals surface area (Å²) in [6.45, 7) is 3.79. The van der Waals surface area contributed by atoms with Crippen molar-refractivity contribution >= 4 is 22.7 Å². The summed E-state index contributed by atoms with van der Waals surface area (Å²) >= 11 is 3.44. The first-order chi connectivity index (χ1) is 8.25. The largest absolute Gasteiger partial charge is 0.322 e. The fourth-order valence-electron chi connectivity index (χ4n) is 1.57. The molecule has 0 saturated carbocycles. The minimum absolute atomic E-state index is 0.105. The van der Waals surface area contributed by atoms with Gasteiger partial charge >= 0.3 is 0 Å². The summed E-state index contributed by atoms with van der Waals surface area (Å²) in [5.74, 6) is 0. The minimum atomic E-state index is 0.105. The molecule has 0 bridgehead atoms. The monoisotopic (exact) mass is 267 g/mol. The Kier molecular flexibility index (Phi) is 4.67. The third kappa shape index (κ3) is 3.89. The molecule has 5 heteroatoms. The Morgan fingerprint density at radius 1 is 1.47 bits per heavy atom. The van der Waals surface area contributed by atoms with Crippen molar-refractivity contribution < 1.29 is 0 Å². The van der Waals surface area contributed by atoms with Crippen LogP contribution in [0.5, 0.6) is 0 Å². The van der Waals surface area contributed by atoms with E-state index in [0.717, 1.165) is 25.2 Å². The molecule has 0 aliphatic rings. The quantitative estimate of drug-likeness (QED) is 0.790. The highest BCUT2D eigenvalue weighted by Crippen LogP contribution is 2.15. The Bertz CT molecular complexity index is 436. The first-order valence-electron chi connectivity index (χ1n) is 5.66. The summed E-state index contributed by atoms with van der Waals surface area (Å²) in [4.78, 5) is 5.67. The number of thiazole rings is 1. The van der Waals surface area contributed by atoms with E-state index in [9.17, 15) is 0 Å². The fraction of sp³-hybridized carbons (Fsp3) is 0.417. The van der Waals surface area contributed by atoms with E-state index in [4.69, 9.17) is 5.73 Å². The van der Waals surface area contributed by atoms with E-state index >= 15 is 0 Å². The number of thiophene rings is 1. The van der Waals surface area contributed by atoms with Gasteiger partial charge in [-0.2, -0.15) is 0 Å². The number of aromatic nitrogens is 1. The van der Waals surface area contributed by atoms with Crippen LogP contribution in [-0.4, -0.2) is 18.1 Å². The topological polar surface area (TPSA) is 50.9 Å². The molecule has 2 aromatic rings. The second-order valence-electron chi connectivity index (χ2n) is 3.96. The lowest BCUT2D eigenvalue weighted by atomic mass is 10.2. The van der Waals surface area contributed by atoms with Gasteiger partial charge in [-0.25, -0.2) is 4.98 Å². The van der Waals surface area contributed by atoms with E-state index in [1.807, 2.05) is 13.0 Å². The van der Waals surface area contributed by atoms with E-state index in [2.05, 4.69) is 27.1 Å². The van der Waals surface area contributed by atoms with Gasteiger partial charge in [-0.1, -0.05) is 6.07 Å². The van der Waals surface area contributed by atoms with Gasteiger partial charge in [0, 0.05) is 35.5 Å². The van der Waals surface area contributed by atoms with Crippen LogP contribution in [0.25, 0.3) is 0 Å². The van der Waals surface area contributed by atoms with Crippen LogP contribution < -0.4 is 11.1 Å². The molecule has 0 aromatic carbocycles.